The van der Waals surface area contributed by atoms with E-state index in [9.17, 15) is 9.59 Å². The number of hydrogen-bond donors (Lipinski definition) is 2. The van der Waals surface area contributed by atoms with Crippen LogP contribution in [-0.4, -0.2) is 43.0 Å². The number of amides is 3. The normalized spacial score (nSPS) is 13.7. The second-order valence-electron chi connectivity index (χ2n) is 8.37. The van der Waals surface area contributed by atoms with Gasteiger partial charge in [-0.15, -0.1) is 0 Å². The number of nitrogens with zero attached hydrogens (tertiary/aromatic N) is 2. The van der Waals surface area contributed by atoms with Gasteiger partial charge >= 0.3 is 6.03 Å². The Morgan fingerprint density at radius 2 is 1.53 bits per heavy atom. The summed E-state index contributed by atoms with van der Waals surface area (Å²) >= 11 is 0. The summed E-state index contributed by atoms with van der Waals surface area (Å²) < 4.78 is 0. The van der Waals surface area contributed by atoms with Crippen molar-refractivity contribution < 1.29 is 9.59 Å². The molecule has 0 bridgehead atoms. The third kappa shape index (κ3) is 7.59. The molecule has 1 fully saturated rings. The Morgan fingerprint density at radius 3 is 2.22 bits per heavy atom. The Labute approximate surface area is 192 Å². The van der Waals surface area contributed by atoms with Crippen molar-refractivity contribution in [1.29, 1.82) is 0 Å². The van der Waals surface area contributed by atoms with Crippen LogP contribution in [0.3, 0.4) is 0 Å². The van der Waals surface area contributed by atoms with E-state index in [1.807, 2.05) is 59.5 Å². The van der Waals surface area contributed by atoms with E-state index in [0.29, 0.717) is 18.9 Å². The van der Waals surface area contributed by atoms with Crippen LogP contribution >= 0.6 is 0 Å². The van der Waals surface area contributed by atoms with Crippen molar-refractivity contribution in [3.63, 3.8) is 0 Å². The van der Waals surface area contributed by atoms with Crippen LogP contribution < -0.4 is 15.5 Å². The first-order chi connectivity index (χ1) is 15.7. The molecule has 2 aromatic carbocycles. The number of rotatable bonds is 10. The molecule has 172 valence electrons. The number of hydrogen-bond acceptors (Lipinski definition) is 3. The Hall–Kier alpha value is -3.02. The summed E-state index contributed by atoms with van der Waals surface area (Å²) in [5, 5.41) is 5.74. The van der Waals surface area contributed by atoms with E-state index in [2.05, 4.69) is 22.5 Å². The molecule has 0 saturated carbocycles. The highest BCUT2D eigenvalue weighted by Gasteiger charge is 2.20. The average Bonchev–Trinajstić information content (AvgIpc) is 2.84. The van der Waals surface area contributed by atoms with Crippen LogP contribution in [-0.2, 0) is 11.3 Å². The van der Waals surface area contributed by atoms with E-state index in [0.717, 1.165) is 56.0 Å². The van der Waals surface area contributed by atoms with Gasteiger partial charge in [0.2, 0.25) is 5.91 Å². The molecule has 3 rings (SSSR count). The number of benzene rings is 2. The fourth-order valence-corrected chi connectivity index (χ4v) is 3.96. The zero-order chi connectivity index (χ0) is 22.6. The number of carbonyl (C=O) groups is 2. The van der Waals surface area contributed by atoms with Crippen molar-refractivity contribution in [2.24, 2.45) is 0 Å². The number of unbranched alkanes of at least 4 members (excludes halogenated alkanes) is 4. The minimum Gasteiger partial charge on any atom is -0.368 e. The topological polar surface area (TPSA) is 64.7 Å². The van der Waals surface area contributed by atoms with Crippen LogP contribution in [0.4, 0.5) is 16.2 Å². The SMILES string of the molecule is CCCCCCCC(=O)N1CCN(c2ccc(NC(=O)NCc3ccccc3)cc2)CC1. The number of piperazine rings is 1. The Balaban J connectivity index is 1.38. The summed E-state index contributed by atoms with van der Waals surface area (Å²) in [6, 6.07) is 17.5. The fraction of sp³-hybridized carbons (Fsp3) is 0.462. The first-order valence-electron chi connectivity index (χ1n) is 11.9. The highest BCUT2D eigenvalue weighted by atomic mass is 16.2. The second kappa shape index (κ2) is 12.7. The van der Waals surface area contributed by atoms with Crippen molar-refractivity contribution in [2.75, 3.05) is 36.4 Å². The van der Waals surface area contributed by atoms with Gasteiger partial charge in [-0.05, 0) is 36.2 Å². The highest BCUT2D eigenvalue weighted by Crippen LogP contribution is 2.20. The number of anilines is 2. The molecule has 1 aliphatic heterocycles. The molecule has 1 aliphatic rings. The summed E-state index contributed by atoms with van der Waals surface area (Å²) in [5.41, 5.74) is 2.94. The molecular weight excluding hydrogens is 400 g/mol. The zero-order valence-electron chi connectivity index (χ0n) is 19.2. The van der Waals surface area contributed by atoms with E-state index in [1.165, 1.54) is 19.3 Å². The predicted molar refractivity (Wildman–Crippen MR) is 131 cm³/mol. The standard InChI is InChI=1S/C26H36N4O2/c1-2-3-4-5-9-12-25(31)30-19-17-29(18-20-30)24-15-13-23(14-16-24)28-26(32)27-21-22-10-7-6-8-11-22/h6-8,10-11,13-16H,2-5,9,12,17-21H2,1H3,(H2,27,28,32). The molecule has 6 nitrogen and oxygen atoms in total. The van der Waals surface area contributed by atoms with Crippen molar-refractivity contribution in [1.82, 2.24) is 10.2 Å². The molecular formula is C26H36N4O2. The quantitative estimate of drug-likeness (QED) is 0.514. The maximum absolute atomic E-state index is 12.4. The van der Waals surface area contributed by atoms with Crippen molar-refractivity contribution in [3.05, 3.63) is 60.2 Å². The number of nitrogens with one attached hydrogen (secondary N) is 2. The van der Waals surface area contributed by atoms with Crippen molar-refractivity contribution in [3.8, 4) is 0 Å². The molecule has 2 aromatic rings. The largest absolute Gasteiger partial charge is 0.368 e. The third-order valence-electron chi connectivity index (χ3n) is 5.91. The van der Waals surface area contributed by atoms with Gasteiger partial charge in [0.25, 0.3) is 0 Å². The van der Waals surface area contributed by atoms with Gasteiger partial charge in [0.15, 0.2) is 0 Å². The summed E-state index contributed by atoms with van der Waals surface area (Å²) in [4.78, 5) is 28.9. The van der Waals surface area contributed by atoms with Gasteiger partial charge in [-0.25, -0.2) is 4.79 Å². The molecule has 0 spiro atoms. The maximum Gasteiger partial charge on any atom is 0.319 e. The van der Waals surface area contributed by atoms with Gasteiger partial charge < -0.3 is 20.4 Å². The van der Waals surface area contributed by atoms with E-state index in [4.69, 9.17) is 0 Å². The van der Waals surface area contributed by atoms with Gasteiger partial charge in [0.05, 0.1) is 0 Å². The van der Waals surface area contributed by atoms with E-state index < -0.39 is 0 Å². The van der Waals surface area contributed by atoms with Gasteiger partial charge in [-0.1, -0.05) is 62.9 Å². The molecule has 0 aliphatic carbocycles. The van der Waals surface area contributed by atoms with Crippen LogP contribution in [0.2, 0.25) is 0 Å². The zero-order valence-corrected chi connectivity index (χ0v) is 19.2. The Kier molecular flexibility index (Phi) is 9.41. The van der Waals surface area contributed by atoms with E-state index in [-0.39, 0.29) is 6.03 Å². The monoisotopic (exact) mass is 436 g/mol. The van der Waals surface area contributed by atoms with Crippen LogP contribution in [0.1, 0.15) is 51.0 Å². The van der Waals surface area contributed by atoms with Crippen LogP contribution in [0.5, 0.6) is 0 Å². The predicted octanol–water partition coefficient (Wildman–Crippen LogP) is 5.02. The molecule has 0 aromatic heterocycles. The van der Waals surface area contributed by atoms with Crippen LogP contribution in [0, 0.1) is 0 Å². The smallest absolute Gasteiger partial charge is 0.319 e. The lowest BCUT2D eigenvalue weighted by Gasteiger charge is -2.36. The lowest BCUT2D eigenvalue weighted by atomic mass is 10.1. The molecule has 1 saturated heterocycles. The summed E-state index contributed by atoms with van der Waals surface area (Å²) in [5.74, 6) is 0.294. The van der Waals surface area contributed by atoms with Gasteiger partial charge in [-0.3, -0.25) is 4.79 Å². The summed E-state index contributed by atoms with van der Waals surface area (Å²) in [6.07, 6.45) is 6.57. The Bertz CT molecular complexity index is 831. The number of urea groups is 1. The van der Waals surface area contributed by atoms with E-state index >= 15 is 0 Å². The third-order valence-corrected chi connectivity index (χ3v) is 5.91. The fourth-order valence-electron chi connectivity index (χ4n) is 3.96. The molecule has 3 amide bonds. The van der Waals surface area contributed by atoms with Gasteiger partial charge in [0.1, 0.15) is 0 Å². The van der Waals surface area contributed by atoms with Crippen molar-refractivity contribution in [2.45, 2.75) is 52.0 Å². The minimum atomic E-state index is -0.219. The molecule has 0 radical (unpaired) electrons. The molecule has 32 heavy (non-hydrogen) atoms. The molecule has 0 unspecified atom stereocenters. The lowest BCUT2D eigenvalue weighted by Crippen LogP contribution is -2.48. The first kappa shape index (κ1) is 23.6. The van der Waals surface area contributed by atoms with Gasteiger partial charge in [0, 0.05) is 50.5 Å². The van der Waals surface area contributed by atoms with Crippen LogP contribution in [0.15, 0.2) is 54.6 Å². The molecule has 0 atom stereocenters. The maximum atomic E-state index is 12.4. The molecule has 6 heteroatoms. The number of carbonyl (C=O) groups excluding carboxylic acids is 2. The summed E-state index contributed by atoms with van der Waals surface area (Å²) in [6.45, 7) is 5.92. The first-order valence-corrected chi connectivity index (χ1v) is 11.9. The molecule has 2 N–H and O–H groups in total. The second-order valence-corrected chi connectivity index (χ2v) is 8.37. The summed E-state index contributed by atoms with van der Waals surface area (Å²) in [7, 11) is 0. The minimum absolute atomic E-state index is 0.219. The van der Waals surface area contributed by atoms with Crippen molar-refractivity contribution >= 4 is 23.3 Å². The Morgan fingerprint density at radius 1 is 0.844 bits per heavy atom. The average molecular weight is 437 g/mol. The van der Waals surface area contributed by atoms with Gasteiger partial charge in [-0.2, -0.15) is 0 Å². The van der Waals surface area contributed by atoms with Crippen LogP contribution in [0.25, 0.3) is 0 Å². The highest BCUT2D eigenvalue weighted by molar-refractivity contribution is 5.89. The lowest BCUT2D eigenvalue weighted by molar-refractivity contribution is -0.131. The molecule has 1 heterocycles. The van der Waals surface area contributed by atoms with E-state index in [1.54, 1.807) is 0 Å².